The summed E-state index contributed by atoms with van der Waals surface area (Å²) in [6, 6.07) is 10.5. The van der Waals surface area contributed by atoms with Crippen LogP contribution in [0.5, 0.6) is 11.5 Å². The Morgan fingerprint density at radius 3 is 2.25 bits per heavy atom. The molecule has 1 aliphatic rings. The van der Waals surface area contributed by atoms with Crippen LogP contribution in [0.2, 0.25) is 0 Å². The third kappa shape index (κ3) is 2.42. The highest BCUT2D eigenvalue weighted by Crippen LogP contribution is 2.38. The minimum absolute atomic E-state index is 0.825. The number of aryl methyl sites for hydroxylation is 1. The second-order valence-corrected chi connectivity index (χ2v) is 5.96. The second kappa shape index (κ2) is 5.49. The Balaban J connectivity index is 2.18. The van der Waals surface area contributed by atoms with Crippen molar-refractivity contribution in [2.75, 3.05) is 14.2 Å². The Bertz CT molecular complexity index is 627. The summed E-state index contributed by atoms with van der Waals surface area (Å²) >= 11 is 3.62. The maximum Gasteiger partial charge on any atom is 0.123 e. The average molecular weight is 333 g/mol. The number of methoxy groups -OCH3 is 2. The molecule has 0 bridgehead atoms. The summed E-state index contributed by atoms with van der Waals surface area (Å²) in [5.74, 6) is 1.65. The predicted octanol–water partition coefficient (Wildman–Crippen LogP) is 4.62. The van der Waals surface area contributed by atoms with Crippen molar-refractivity contribution in [2.45, 2.75) is 19.3 Å². The summed E-state index contributed by atoms with van der Waals surface area (Å²) in [6.07, 6.45) is 3.56. The van der Waals surface area contributed by atoms with Gasteiger partial charge >= 0.3 is 0 Å². The normalized spacial score (nSPS) is 13.2. The van der Waals surface area contributed by atoms with E-state index in [0.717, 1.165) is 28.0 Å². The maximum atomic E-state index is 5.38. The van der Waals surface area contributed by atoms with Crippen LogP contribution in [-0.2, 0) is 12.8 Å². The van der Waals surface area contributed by atoms with E-state index >= 15 is 0 Å². The van der Waals surface area contributed by atoms with Crippen molar-refractivity contribution < 1.29 is 9.47 Å². The van der Waals surface area contributed by atoms with E-state index in [0.29, 0.717) is 0 Å². The van der Waals surface area contributed by atoms with Crippen LogP contribution in [-0.4, -0.2) is 14.2 Å². The Morgan fingerprint density at radius 2 is 1.60 bits per heavy atom. The SMILES string of the molecule is COc1cc(OC)cc(-c2cc(Br)cc3c2CCC3)c1. The summed E-state index contributed by atoms with van der Waals surface area (Å²) in [5, 5.41) is 0. The molecule has 2 aromatic carbocycles. The van der Waals surface area contributed by atoms with E-state index in [9.17, 15) is 0 Å². The molecule has 0 spiro atoms. The number of benzene rings is 2. The molecule has 0 heterocycles. The van der Waals surface area contributed by atoms with Gasteiger partial charge in [0.25, 0.3) is 0 Å². The molecule has 3 heteroatoms. The van der Waals surface area contributed by atoms with Gasteiger partial charge in [-0.1, -0.05) is 15.9 Å². The van der Waals surface area contributed by atoms with Crippen LogP contribution in [0.15, 0.2) is 34.8 Å². The molecule has 0 radical (unpaired) electrons. The van der Waals surface area contributed by atoms with E-state index in [-0.39, 0.29) is 0 Å². The Kier molecular flexibility index (Phi) is 3.70. The average Bonchev–Trinajstić information content (AvgIpc) is 2.93. The van der Waals surface area contributed by atoms with Crippen LogP contribution in [0.1, 0.15) is 17.5 Å². The lowest BCUT2D eigenvalue weighted by atomic mass is 9.96. The zero-order valence-corrected chi connectivity index (χ0v) is 13.3. The molecule has 0 unspecified atom stereocenters. The van der Waals surface area contributed by atoms with Crippen molar-refractivity contribution >= 4 is 15.9 Å². The van der Waals surface area contributed by atoms with Gasteiger partial charge in [0, 0.05) is 10.5 Å². The third-order valence-corrected chi connectivity index (χ3v) is 4.30. The summed E-state index contributed by atoms with van der Waals surface area (Å²) < 4.78 is 11.9. The molecule has 0 saturated heterocycles. The van der Waals surface area contributed by atoms with Gasteiger partial charge in [-0.3, -0.25) is 0 Å². The summed E-state index contributed by atoms with van der Waals surface area (Å²) in [5.41, 5.74) is 5.35. The molecule has 0 fully saturated rings. The van der Waals surface area contributed by atoms with E-state index in [1.807, 2.05) is 6.07 Å². The number of fused-ring (bicyclic) bond motifs is 1. The van der Waals surface area contributed by atoms with E-state index in [1.54, 1.807) is 14.2 Å². The Labute approximate surface area is 127 Å². The van der Waals surface area contributed by atoms with Crippen molar-refractivity contribution in [3.63, 3.8) is 0 Å². The third-order valence-electron chi connectivity index (χ3n) is 3.84. The molecular formula is C17H17BrO2. The number of ether oxygens (including phenoxy) is 2. The molecule has 104 valence electrons. The van der Waals surface area contributed by atoms with Crippen LogP contribution in [0, 0.1) is 0 Å². The molecule has 1 aliphatic carbocycles. The number of hydrogen-bond acceptors (Lipinski definition) is 2. The molecule has 2 nitrogen and oxygen atoms in total. The van der Waals surface area contributed by atoms with Crippen LogP contribution in [0.3, 0.4) is 0 Å². The Morgan fingerprint density at radius 1 is 0.900 bits per heavy atom. The number of halogens is 1. The predicted molar refractivity (Wildman–Crippen MR) is 84.7 cm³/mol. The zero-order valence-electron chi connectivity index (χ0n) is 11.7. The second-order valence-electron chi connectivity index (χ2n) is 5.05. The van der Waals surface area contributed by atoms with Crippen LogP contribution >= 0.6 is 15.9 Å². The minimum Gasteiger partial charge on any atom is -0.497 e. The highest BCUT2D eigenvalue weighted by atomic mass is 79.9. The van der Waals surface area contributed by atoms with Gasteiger partial charge < -0.3 is 9.47 Å². The smallest absolute Gasteiger partial charge is 0.123 e. The lowest BCUT2D eigenvalue weighted by Gasteiger charge is -2.13. The molecule has 2 aromatic rings. The highest BCUT2D eigenvalue weighted by Gasteiger charge is 2.17. The van der Waals surface area contributed by atoms with Gasteiger partial charge in [0.1, 0.15) is 11.5 Å². The van der Waals surface area contributed by atoms with Gasteiger partial charge in [-0.05, 0) is 65.8 Å². The molecule has 0 aromatic heterocycles. The summed E-state index contributed by atoms with van der Waals surface area (Å²) in [6.45, 7) is 0. The van der Waals surface area contributed by atoms with Gasteiger partial charge in [0.2, 0.25) is 0 Å². The molecule has 0 amide bonds. The topological polar surface area (TPSA) is 18.5 Å². The number of rotatable bonds is 3. The first-order chi connectivity index (χ1) is 9.71. The molecule has 0 N–H and O–H groups in total. The largest absolute Gasteiger partial charge is 0.497 e. The summed E-state index contributed by atoms with van der Waals surface area (Å²) in [7, 11) is 3.37. The van der Waals surface area contributed by atoms with Gasteiger partial charge in [-0.25, -0.2) is 0 Å². The fourth-order valence-electron chi connectivity index (χ4n) is 2.89. The van der Waals surface area contributed by atoms with Gasteiger partial charge in [0.15, 0.2) is 0 Å². The first kappa shape index (κ1) is 13.5. The van der Waals surface area contributed by atoms with Crippen LogP contribution in [0.25, 0.3) is 11.1 Å². The molecule has 3 rings (SSSR count). The van der Waals surface area contributed by atoms with Crippen molar-refractivity contribution in [3.8, 4) is 22.6 Å². The van der Waals surface area contributed by atoms with Crippen LogP contribution in [0.4, 0.5) is 0 Å². The highest BCUT2D eigenvalue weighted by molar-refractivity contribution is 9.10. The van der Waals surface area contributed by atoms with E-state index in [1.165, 1.54) is 29.5 Å². The quantitative estimate of drug-likeness (QED) is 0.816. The molecule has 0 saturated carbocycles. The maximum absolute atomic E-state index is 5.38. The van der Waals surface area contributed by atoms with Crippen molar-refractivity contribution in [1.29, 1.82) is 0 Å². The van der Waals surface area contributed by atoms with Crippen molar-refractivity contribution in [3.05, 3.63) is 45.9 Å². The molecule has 20 heavy (non-hydrogen) atoms. The lowest BCUT2D eigenvalue weighted by molar-refractivity contribution is 0.394. The monoisotopic (exact) mass is 332 g/mol. The van der Waals surface area contributed by atoms with E-state index in [4.69, 9.17) is 9.47 Å². The fraction of sp³-hybridized carbons (Fsp3) is 0.294. The van der Waals surface area contributed by atoms with Gasteiger partial charge in [-0.2, -0.15) is 0 Å². The zero-order chi connectivity index (χ0) is 14.1. The van der Waals surface area contributed by atoms with Crippen molar-refractivity contribution in [1.82, 2.24) is 0 Å². The molecule has 0 atom stereocenters. The molecule has 0 aliphatic heterocycles. The number of hydrogen-bond donors (Lipinski definition) is 0. The lowest BCUT2D eigenvalue weighted by Crippen LogP contribution is -1.92. The Hall–Kier alpha value is -1.48. The van der Waals surface area contributed by atoms with Gasteiger partial charge in [0.05, 0.1) is 14.2 Å². The summed E-state index contributed by atoms with van der Waals surface area (Å²) in [4.78, 5) is 0. The van der Waals surface area contributed by atoms with E-state index < -0.39 is 0 Å². The molecular weight excluding hydrogens is 316 g/mol. The first-order valence-electron chi connectivity index (χ1n) is 6.76. The fourth-order valence-corrected chi connectivity index (χ4v) is 3.39. The van der Waals surface area contributed by atoms with Crippen LogP contribution < -0.4 is 9.47 Å². The first-order valence-corrected chi connectivity index (χ1v) is 7.55. The van der Waals surface area contributed by atoms with Gasteiger partial charge in [-0.15, -0.1) is 0 Å². The standard InChI is InChI=1S/C17H17BrO2/c1-19-14-7-12(8-15(10-14)20-2)17-9-13(18)6-11-4-3-5-16(11)17/h6-10H,3-5H2,1-2H3. The van der Waals surface area contributed by atoms with Crippen molar-refractivity contribution in [2.24, 2.45) is 0 Å². The minimum atomic E-state index is 0.825. The van der Waals surface area contributed by atoms with E-state index in [2.05, 4.69) is 40.2 Å².